The van der Waals surface area contributed by atoms with E-state index in [1.165, 1.54) is 7.11 Å². The molecule has 0 radical (unpaired) electrons. The minimum Gasteiger partial charge on any atom is -0.465 e. The lowest BCUT2D eigenvalue weighted by molar-refractivity contribution is 0.0600. The summed E-state index contributed by atoms with van der Waals surface area (Å²) in [5.41, 5.74) is 0.672. The number of hydrogen-bond donors (Lipinski definition) is 1. The van der Waals surface area contributed by atoms with Crippen molar-refractivity contribution in [2.75, 3.05) is 7.11 Å². The molecule has 0 saturated heterocycles. The Bertz CT molecular complexity index is 415. The SMILES string of the molecule is COC(=O)c1ccc(C(=O)NC(C)(C)C)cc1. The van der Waals surface area contributed by atoms with Crippen molar-refractivity contribution in [2.24, 2.45) is 0 Å². The van der Waals surface area contributed by atoms with Crippen molar-refractivity contribution >= 4 is 11.9 Å². The molecule has 0 aliphatic rings. The van der Waals surface area contributed by atoms with Crippen molar-refractivity contribution in [1.29, 1.82) is 0 Å². The van der Waals surface area contributed by atoms with Crippen LogP contribution in [0.1, 0.15) is 41.5 Å². The highest BCUT2D eigenvalue weighted by Crippen LogP contribution is 2.08. The summed E-state index contributed by atoms with van der Waals surface area (Å²) in [6.45, 7) is 5.73. The fourth-order valence-electron chi connectivity index (χ4n) is 1.29. The van der Waals surface area contributed by atoms with Crippen LogP contribution in [-0.4, -0.2) is 24.5 Å². The van der Waals surface area contributed by atoms with Crippen molar-refractivity contribution in [3.63, 3.8) is 0 Å². The topological polar surface area (TPSA) is 55.4 Å². The van der Waals surface area contributed by atoms with Crippen molar-refractivity contribution in [3.05, 3.63) is 35.4 Å². The van der Waals surface area contributed by atoms with E-state index in [1.807, 2.05) is 20.8 Å². The molecule has 0 bridgehead atoms. The van der Waals surface area contributed by atoms with E-state index in [4.69, 9.17) is 0 Å². The molecule has 0 spiro atoms. The summed E-state index contributed by atoms with van der Waals surface area (Å²) < 4.78 is 4.58. The zero-order chi connectivity index (χ0) is 13.1. The molecule has 0 unspecified atom stereocenters. The lowest BCUT2D eigenvalue weighted by atomic mass is 10.1. The minimum atomic E-state index is -0.409. The van der Waals surface area contributed by atoms with Crippen LogP contribution >= 0.6 is 0 Å². The molecule has 4 nitrogen and oxygen atoms in total. The zero-order valence-electron chi connectivity index (χ0n) is 10.5. The Labute approximate surface area is 101 Å². The van der Waals surface area contributed by atoms with Crippen LogP contribution in [0.25, 0.3) is 0 Å². The molecule has 17 heavy (non-hydrogen) atoms. The number of benzene rings is 1. The first-order chi connectivity index (χ1) is 7.83. The number of methoxy groups -OCH3 is 1. The first kappa shape index (κ1) is 13.2. The quantitative estimate of drug-likeness (QED) is 0.798. The molecule has 1 N–H and O–H groups in total. The number of carbonyl (C=O) groups excluding carboxylic acids is 2. The predicted octanol–water partition coefficient (Wildman–Crippen LogP) is 2.00. The molecule has 0 aliphatic heterocycles. The normalized spacial score (nSPS) is 10.8. The van der Waals surface area contributed by atoms with Crippen LogP contribution in [0.5, 0.6) is 0 Å². The van der Waals surface area contributed by atoms with Gasteiger partial charge in [-0.15, -0.1) is 0 Å². The highest BCUT2D eigenvalue weighted by Gasteiger charge is 2.15. The highest BCUT2D eigenvalue weighted by molar-refractivity contribution is 5.96. The summed E-state index contributed by atoms with van der Waals surface area (Å²) in [7, 11) is 1.32. The van der Waals surface area contributed by atoms with Gasteiger partial charge in [-0.2, -0.15) is 0 Å². The van der Waals surface area contributed by atoms with Gasteiger partial charge in [-0.05, 0) is 45.0 Å². The summed E-state index contributed by atoms with van der Waals surface area (Å²) in [5.74, 6) is -0.568. The van der Waals surface area contributed by atoms with Gasteiger partial charge in [0, 0.05) is 11.1 Å². The number of rotatable bonds is 2. The van der Waals surface area contributed by atoms with Crippen LogP contribution in [0.15, 0.2) is 24.3 Å². The lowest BCUT2D eigenvalue weighted by Gasteiger charge is -2.20. The maximum Gasteiger partial charge on any atom is 0.337 e. The Morgan fingerprint density at radius 1 is 1.06 bits per heavy atom. The molecule has 0 saturated carbocycles. The van der Waals surface area contributed by atoms with E-state index in [-0.39, 0.29) is 11.4 Å². The summed E-state index contributed by atoms with van der Waals surface area (Å²) >= 11 is 0. The fourth-order valence-corrected chi connectivity index (χ4v) is 1.29. The molecule has 0 heterocycles. The third-order valence-corrected chi connectivity index (χ3v) is 2.06. The van der Waals surface area contributed by atoms with E-state index < -0.39 is 5.97 Å². The maximum atomic E-state index is 11.8. The van der Waals surface area contributed by atoms with Gasteiger partial charge in [-0.1, -0.05) is 0 Å². The monoisotopic (exact) mass is 235 g/mol. The number of nitrogens with one attached hydrogen (secondary N) is 1. The Balaban J connectivity index is 2.81. The van der Waals surface area contributed by atoms with E-state index in [9.17, 15) is 9.59 Å². The first-order valence-corrected chi connectivity index (χ1v) is 5.34. The van der Waals surface area contributed by atoms with Gasteiger partial charge in [0.25, 0.3) is 5.91 Å². The summed E-state index contributed by atoms with van der Waals surface area (Å²) in [4.78, 5) is 23.0. The average Bonchev–Trinajstić information content (AvgIpc) is 2.26. The molecule has 0 atom stereocenters. The second-order valence-corrected chi connectivity index (χ2v) is 4.77. The molecular weight excluding hydrogens is 218 g/mol. The van der Waals surface area contributed by atoms with Crippen LogP contribution < -0.4 is 5.32 Å². The first-order valence-electron chi connectivity index (χ1n) is 5.34. The molecule has 1 rings (SSSR count). The molecule has 0 aliphatic carbocycles. The van der Waals surface area contributed by atoms with Crippen LogP contribution in [-0.2, 0) is 4.74 Å². The Kier molecular flexibility index (Phi) is 3.89. The molecule has 4 heteroatoms. The van der Waals surface area contributed by atoms with E-state index >= 15 is 0 Å². The van der Waals surface area contributed by atoms with E-state index in [0.29, 0.717) is 11.1 Å². The molecule has 0 aromatic heterocycles. The number of hydrogen-bond acceptors (Lipinski definition) is 3. The van der Waals surface area contributed by atoms with E-state index in [2.05, 4.69) is 10.1 Å². The average molecular weight is 235 g/mol. The lowest BCUT2D eigenvalue weighted by Crippen LogP contribution is -2.40. The molecule has 1 aromatic rings. The third-order valence-electron chi connectivity index (χ3n) is 2.06. The van der Waals surface area contributed by atoms with Crippen molar-refractivity contribution < 1.29 is 14.3 Å². The second-order valence-electron chi connectivity index (χ2n) is 4.77. The van der Waals surface area contributed by atoms with Gasteiger partial charge >= 0.3 is 5.97 Å². The zero-order valence-corrected chi connectivity index (χ0v) is 10.5. The molecular formula is C13H17NO3. The van der Waals surface area contributed by atoms with Gasteiger partial charge < -0.3 is 10.1 Å². The number of amides is 1. The van der Waals surface area contributed by atoms with E-state index in [1.54, 1.807) is 24.3 Å². The van der Waals surface area contributed by atoms with Gasteiger partial charge in [0.05, 0.1) is 12.7 Å². The molecule has 1 aromatic carbocycles. The molecule has 92 valence electrons. The van der Waals surface area contributed by atoms with Gasteiger partial charge in [0.1, 0.15) is 0 Å². The summed E-state index contributed by atoms with van der Waals surface area (Å²) in [6.07, 6.45) is 0. The van der Waals surface area contributed by atoms with Crippen molar-refractivity contribution in [2.45, 2.75) is 26.3 Å². The second kappa shape index (κ2) is 4.99. The van der Waals surface area contributed by atoms with Crippen molar-refractivity contribution in [3.8, 4) is 0 Å². The molecule has 1 amide bonds. The number of esters is 1. The summed E-state index contributed by atoms with van der Waals surface area (Å²) in [5, 5.41) is 2.84. The van der Waals surface area contributed by atoms with Crippen LogP contribution in [0.4, 0.5) is 0 Å². The minimum absolute atomic E-state index is 0.158. The number of ether oxygens (including phenoxy) is 1. The van der Waals surface area contributed by atoms with Crippen LogP contribution in [0, 0.1) is 0 Å². The standard InChI is InChI=1S/C13H17NO3/c1-13(2,3)14-11(15)9-5-7-10(8-6-9)12(16)17-4/h5-8H,1-4H3,(H,14,15). The largest absolute Gasteiger partial charge is 0.465 e. The summed E-state index contributed by atoms with van der Waals surface area (Å²) in [6, 6.07) is 6.35. The van der Waals surface area contributed by atoms with Gasteiger partial charge in [-0.25, -0.2) is 4.79 Å². The van der Waals surface area contributed by atoms with Crippen LogP contribution in [0.3, 0.4) is 0 Å². The van der Waals surface area contributed by atoms with Gasteiger partial charge in [-0.3, -0.25) is 4.79 Å². The smallest absolute Gasteiger partial charge is 0.337 e. The number of carbonyl (C=O) groups is 2. The van der Waals surface area contributed by atoms with Gasteiger partial charge in [0.2, 0.25) is 0 Å². The van der Waals surface area contributed by atoms with Crippen LogP contribution in [0.2, 0.25) is 0 Å². The van der Waals surface area contributed by atoms with Crippen molar-refractivity contribution in [1.82, 2.24) is 5.32 Å². The Morgan fingerprint density at radius 3 is 1.94 bits per heavy atom. The third kappa shape index (κ3) is 3.90. The highest BCUT2D eigenvalue weighted by atomic mass is 16.5. The molecule has 0 fully saturated rings. The van der Waals surface area contributed by atoms with E-state index in [0.717, 1.165) is 0 Å². The Morgan fingerprint density at radius 2 is 1.53 bits per heavy atom. The predicted molar refractivity (Wildman–Crippen MR) is 65.0 cm³/mol. The fraction of sp³-hybridized carbons (Fsp3) is 0.385. The van der Waals surface area contributed by atoms with Gasteiger partial charge in [0.15, 0.2) is 0 Å². The maximum absolute atomic E-state index is 11.8. The Hall–Kier alpha value is -1.84.